The lowest BCUT2D eigenvalue weighted by Gasteiger charge is -2.39. The van der Waals surface area contributed by atoms with E-state index in [1.54, 1.807) is 6.07 Å². The van der Waals surface area contributed by atoms with Gasteiger partial charge >= 0.3 is 0 Å². The molecule has 1 aliphatic heterocycles. The lowest BCUT2D eigenvalue weighted by atomic mass is 9.95. The highest BCUT2D eigenvalue weighted by atomic mass is 35.5. The Labute approximate surface area is 111 Å². The third-order valence-electron chi connectivity index (χ3n) is 4.09. The molecular weight excluding hydrogens is 253 g/mol. The zero-order valence-corrected chi connectivity index (χ0v) is 11.0. The van der Waals surface area contributed by atoms with E-state index < -0.39 is 0 Å². The molecule has 1 N–H and O–H groups in total. The molecule has 0 aromatic heterocycles. The van der Waals surface area contributed by atoms with Gasteiger partial charge in [-0.1, -0.05) is 30.5 Å². The molecule has 1 aromatic rings. The van der Waals surface area contributed by atoms with E-state index in [0.29, 0.717) is 5.02 Å². The summed E-state index contributed by atoms with van der Waals surface area (Å²) in [6.07, 6.45) is 4.87. The summed E-state index contributed by atoms with van der Waals surface area (Å²) in [5.41, 5.74) is 1.06. The third kappa shape index (κ3) is 2.27. The van der Waals surface area contributed by atoms with Crippen molar-refractivity contribution in [3.8, 4) is 0 Å². The van der Waals surface area contributed by atoms with Gasteiger partial charge in [0.15, 0.2) is 0 Å². The molecule has 3 rings (SSSR count). The van der Waals surface area contributed by atoms with E-state index in [0.717, 1.165) is 18.7 Å². The van der Waals surface area contributed by atoms with Gasteiger partial charge in [-0.05, 0) is 25.0 Å². The average molecular weight is 270 g/mol. The van der Waals surface area contributed by atoms with Gasteiger partial charge in [0, 0.05) is 22.7 Å². The predicted molar refractivity (Wildman–Crippen MR) is 69.3 cm³/mol. The molecule has 18 heavy (non-hydrogen) atoms. The molecule has 98 valence electrons. The maximum absolute atomic E-state index is 13.0. The van der Waals surface area contributed by atoms with Crippen LogP contribution in [0.3, 0.4) is 0 Å². The number of ether oxygens (including phenoxy) is 1. The summed E-state index contributed by atoms with van der Waals surface area (Å²) in [6, 6.07) is 4.50. The Morgan fingerprint density at radius 1 is 1.33 bits per heavy atom. The molecule has 0 bridgehead atoms. The number of benzene rings is 1. The molecule has 1 spiro atoms. The molecule has 2 aliphatic rings. The summed E-state index contributed by atoms with van der Waals surface area (Å²) < 4.78 is 19.0. The van der Waals surface area contributed by atoms with Crippen molar-refractivity contribution < 1.29 is 9.13 Å². The van der Waals surface area contributed by atoms with E-state index >= 15 is 0 Å². The largest absolute Gasteiger partial charge is 0.370 e. The molecule has 2 nitrogen and oxygen atoms in total. The molecule has 1 unspecified atom stereocenters. The first kappa shape index (κ1) is 12.4. The Balaban J connectivity index is 1.72. The molecule has 1 saturated carbocycles. The van der Waals surface area contributed by atoms with Crippen LogP contribution in [-0.2, 0) is 4.74 Å². The van der Waals surface area contributed by atoms with Crippen LogP contribution in [0.25, 0.3) is 0 Å². The minimum atomic E-state index is -0.306. The van der Waals surface area contributed by atoms with Crippen molar-refractivity contribution in [2.24, 2.45) is 0 Å². The molecular formula is C14H17ClFNO. The zero-order valence-electron chi connectivity index (χ0n) is 10.2. The standard InChI is InChI=1S/C14H17ClFNO/c15-12-7-10(16)3-4-11(12)13-8-17-14(9-18-13)5-1-2-6-14/h3-4,7,13,17H,1-2,5-6,8-9H2. The normalized spacial score (nSPS) is 26.7. The van der Waals surface area contributed by atoms with E-state index in [1.807, 2.05) is 0 Å². The highest BCUT2D eigenvalue weighted by molar-refractivity contribution is 6.31. The molecule has 1 aliphatic carbocycles. The molecule has 2 fully saturated rings. The summed E-state index contributed by atoms with van der Waals surface area (Å²) in [6.45, 7) is 1.48. The van der Waals surface area contributed by atoms with E-state index in [1.165, 1.54) is 37.8 Å². The number of nitrogens with one attached hydrogen (secondary N) is 1. The second-order valence-corrected chi connectivity index (χ2v) is 5.74. The molecule has 1 heterocycles. The Kier molecular flexibility index (Phi) is 3.31. The molecule has 1 aromatic carbocycles. The van der Waals surface area contributed by atoms with Gasteiger partial charge in [0.05, 0.1) is 12.7 Å². The minimum Gasteiger partial charge on any atom is -0.370 e. The van der Waals surface area contributed by atoms with Gasteiger partial charge in [-0.15, -0.1) is 0 Å². The van der Waals surface area contributed by atoms with E-state index in [-0.39, 0.29) is 17.5 Å². The van der Waals surface area contributed by atoms with Crippen molar-refractivity contribution in [2.45, 2.75) is 37.3 Å². The van der Waals surface area contributed by atoms with Crippen LogP contribution in [0.4, 0.5) is 4.39 Å². The minimum absolute atomic E-state index is 0.0654. The van der Waals surface area contributed by atoms with Gasteiger partial charge < -0.3 is 10.1 Å². The lowest BCUT2D eigenvalue weighted by molar-refractivity contribution is -0.0325. The fourth-order valence-electron chi connectivity index (χ4n) is 3.01. The Morgan fingerprint density at radius 2 is 2.11 bits per heavy atom. The first-order chi connectivity index (χ1) is 8.69. The van der Waals surface area contributed by atoms with Crippen molar-refractivity contribution in [1.82, 2.24) is 5.32 Å². The number of hydrogen-bond acceptors (Lipinski definition) is 2. The van der Waals surface area contributed by atoms with Crippen LogP contribution >= 0.6 is 11.6 Å². The van der Waals surface area contributed by atoms with Gasteiger partial charge in [0.2, 0.25) is 0 Å². The maximum atomic E-state index is 13.0. The van der Waals surface area contributed by atoms with E-state index in [9.17, 15) is 4.39 Å². The molecule has 1 atom stereocenters. The fourth-order valence-corrected chi connectivity index (χ4v) is 3.30. The van der Waals surface area contributed by atoms with Crippen molar-refractivity contribution in [2.75, 3.05) is 13.2 Å². The Morgan fingerprint density at radius 3 is 2.72 bits per heavy atom. The summed E-state index contributed by atoms with van der Waals surface area (Å²) >= 11 is 6.07. The van der Waals surface area contributed by atoms with Crippen molar-refractivity contribution >= 4 is 11.6 Å². The number of morpholine rings is 1. The second-order valence-electron chi connectivity index (χ2n) is 5.33. The van der Waals surface area contributed by atoms with Crippen LogP contribution in [-0.4, -0.2) is 18.7 Å². The highest BCUT2D eigenvalue weighted by Crippen LogP contribution is 2.36. The summed E-state index contributed by atoms with van der Waals surface area (Å²) in [5.74, 6) is -0.306. The van der Waals surface area contributed by atoms with Crippen molar-refractivity contribution in [1.29, 1.82) is 0 Å². The maximum Gasteiger partial charge on any atom is 0.124 e. The summed E-state index contributed by atoms with van der Waals surface area (Å²) in [4.78, 5) is 0. The van der Waals surface area contributed by atoms with Crippen LogP contribution in [0.5, 0.6) is 0 Å². The second kappa shape index (κ2) is 4.80. The first-order valence-electron chi connectivity index (χ1n) is 6.50. The van der Waals surface area contributed by atoms with Gasteiger partial charge in [0.1, 0.15) is 5.82 Å². The van der Waals surface area contributed by atoms with Crippen molar-refractivity contribution in [3.63, 3.8) is 0 Å². The molecule has 0 amide bonds. The predicted octanol–water partition coefficient (Wildman–Crippen LogP) is 3.45. The van der Waals surface area contributed by atoms with Crippen LogP contribution in [0.2, 0.25) is 5.02 Å². The van der Waals surface area contributed by atoms with Crippen LogP contribution in [0.1, 0.15) is 37.4 Å². The summed E-state index contributed by atoms with van der Waals surface area (Å²) in [5, 5.41) is 4.06. The number of halogens is 2. The zero-order chi connectivity index (χ0) is 12.6. The van der Waals surface area contributed by atoms with E-state index in [2.05, 4.69) is 5.32 Å². The van der Waals surface area contributed by atoms with Gasteiger partial charge in [-0.2, -0.15) is 0 Å². The Hall–Kier alpha value is -0.640. The number of rotatable bonds is 1. The van der Waals surface area contributed by atoms with Gasteiger partial charge in [-0.25, -0.2) is 4.39 Å². The summed E-state index contributed by atoms with van der Waals surface area (Å²) in [7, 11) is 0. The third-order valence-corrected chi connectivity index (χ3v) is 4.42. The monoisotopic (exact) mass is 269 g/mol. The number of hydrogen-bond donors (Lipinski definition) is 1. The topological polar surface area (TPSA) is 21.3 Å². The fraction of sp³-hybridized carbons (Fsp3) is 0.571. The van der Waals surface area contributed by atoms with Crippen molar-refractivity contribution in [3.05, 3.63) is 34.6 Å². The Bertz CT molecular complexity index is 435. The molecule has 0 radical (unpaired) electrons. The average Bonchev–Trinajstić information content (AvgIpc) is 2.80. The van der Waals surface area contributed by atoms with Gasteiger partial charge in [-0.3, -0.25) is 0 Å². The molecule has 1 saturated heterocycles. The van der Waals surface area contributed by atoms with Crippen LogP contribution < -0.4 is 5.32 Å². The van der Waals surface area contributed by atoms with Gasteiger partial charge in [0.25, 0.3) is 0 Å². The van der Waals surface area contributed by atoms with E-state index in [4.69, 9.17) is 16.3 Å². The molecule has 4 heteroatoms. The quantitative estimate of drug-likeness (QED) is 0.843. The lowest BCUT2D eigenvalue weighted by Crippen LogP contribution is -2.53. The smallest absolute Gasteiger partial charge is 0.124 e. The SMILES string of the molecule is Fc1ccc(C2CNC3(CCCC3)CO2)c(Cl)c1. The highest BCUT2D eigenvalue weighted by Gasteiger charge is 2.38. The van der Waals surface area contributed by atoms with Crippen LogP contribution in [0.15, 0.2) is 18.2 Å². The first-order valence-corrected chi connectivity index (χ1v) is 6.88. The van der Waals surface area contributed by atoms with Crippen LogP contribution in [0, 0.1) is 5.82 Å².